The highest BCUT2D eigenvalue weighted by Crippen LogP contribution is 2.30. The van der Waals surface area contributed by atoms with Crippen molar-refractivity contribution < 1.29 is 13.9 Å². The van der Waals surface area contributed by atoms with Crippen LogP contribution in [0.2, 0.25) is 0 Å². The van der Waals surface area contributed by atoms with Gasteiger partial charge in [-0.3, -0.25) is 4.79 Å². The van der Waals surface area contributed by atoms with Crippen molar-refractivity contribution >= 4 is 17.2 Å². The van der Waals surface area contributed by atoms with E-state index in [0.29, 0.717) is 34.8 Å². The van der Waals surface area contributed by atoms with Gasteiger partial charge in [-0.15, -0.1) is 5.10 Å². The van der Waals surface area contributed by atoms with Crippen LogP contribution in [0.15, 0.2) is 54.7 Å². The van der Waals surface area contributed by atoms with Gasteiger partial charge in [0, 0.05) is 54.9 Å². The van der Waals surface area contributed by atoms with Crippen LogP contribution >= 0.6 is 0 Å². The number of aryl methyl sites for hydroxylation is 1. The fourth-order valence-electron chi connectivity index (χ4n) is 4.29. The van der Waals surface area contributed by atoms with E-state index in [0.717, 1.165) is 55.0 Å². The molecule has 2 aromatic carbocycles. The van der Waals surface area contributed by atoms with Gasteiger partial charge in [-0.05, 0) is 49.6 Å². The van der Waals surface area contributed by atoms with Crippen molar-refractivity contribution in [2.24, 2.45) is 5.92 Å². The molecule has 1 amide bonds. The van der Waals surface area contributed by atoms with E-state index in [-0.39, 0.29) is 11.7 Å². The average molecular weight is 487 g/mol. The minimum Gasteiger partial charge on any atom is -0.437 e. The third-order valence-electron chi connectivity index (χ3n) is 6.59. The molecule has 0 atom stereocenters. The Bertz CT molecular complexity index is 1440. The summed E-state index contributed by atoms with van der Waals surface area (Å²) >= 11 is 0. The minimum absolute atomic E-state index is 0.0411. The number of amides is 1. The normalized spacial score (nSPS) is 15.5. The summed E-state index contributed by atoms with van der Waals surface area (Å²) < 4.78 is 21.4. The monoisotopic (exact) mass is 486 g/mol. The summed E-state index contributed by atoms with van der Waals surface area (Å²) in [4.78, 5) is 17.2. The van der Waals surface area contributed by atoms with Crippen molar-refractivity contribution in [1.29, 1.82) is 0 Å². The third kappa shape index (κ3) is 4.61. The molecule has 2 aliphatic rings. The summed E-state index contributed by atoms with van der Waals surface area (Å²) in [6.07, 6.45) is 3.86. The second kappa shape index (κ2) is 9.23. The Labute approximate surface area is 207 Å². The molecule has 2 fully saturated rings. The van der Waals surface area contributed by atoms with Crippen molar-refractivity contribution in [3.63, 3.8) is 0 Å². The van der Waals surface area contributed by atoms with E-state index in [9.17, 15) is 9.18 Å². The summed E-state index contributed by atoms with van der Waals surface area (Å²) in [5.41, 5.74) is 4.64. The Morgan fingerprint density at radius 1 is 1.19 bits per heavy atom. The number of benzene rings is 2. The maximum atomic E-state index is 13.7. The molecule has 0 unspecified atom stereocenters. The van der Waals surface area contributed by atoms with Gasteiger partial charge in [0.15, 0.2) is 5.65 Å². The lowest BCUT2D eigenvalue weighted by Crippen LogP contribution is -2.45. The Hall–Kier alpha value is -3.98. The first-order chi connectivity index (χ1) is 17.5. The van der Waals surface area contributed by atoms with E-state index in [1.807, 2.05) is 25.1 Å². The lowest BCUT2D eigenvalue weighted by molar-refractivity contribution is 0.0950. The van der Waals surface area contributed by atoms with Crippen molar-refractivity contribution in [2.75, 3.05) is 25.0 Å². The number of anilines is 1. The number of rotatable bonds is 8. The second-order valence-electron chi connectivity index (χ2n) is 9.52. The summed E-state index contributed by atoms with van der Waals surface area (Å²) in [5.74, 6) is 0.796. The van der Waals surface area contributed by atoms with E-state index in [4.69, 9.17) is 4.74 Å². The van der Waals surface area contributed by atoms with Crippen LogP contribution in [-0.4, -0.2) is 46.2 Å². The van der Waals surface area contributed by atoms with Crippen LogP contribution in [0.25, 0.3) is 16.9 Å². The molecule has 0 bridgehead atoms. The van der Waals surface area contributed by atoms with Crippen LogP contribution in [0.4, 0.5) is 10.1 Å². The number of carbonyl (C=O) groups is 1. The molecule has 3 N–H and O–H groups in total. The van der Waals surface area contributed by atoms with Crippen LogP contribution in [0, 0.1) is 18.7 Å². The Morgan fingerprint density at radius 3 is 2.78 bits per heavy atom. The number of ether oxygens (including phenoxy) is 1. The number of nitrogens with one attached hydrogen (secondary N) is 3. The smallest absolute Gasteiger partial charge is 0.251 e. The van der Waals surface area contributed by atoms with Crippen molar-refractivity contribution in [3.05, 3.63) is 71.7 Å². The number of carbonyl (C=O) groups excluding carboxylic acids is 1. The molecule has 2 aromatic heterocycles. The lowest BCUT2D eigenvalue weighted by atomic mass is 10.0. The Balaban J connectivity index is 1.36. The third-order valence-corrected chi connectivity index (χ3v) is 6.59. The molecule has 0 radical (unpaired) electrons. The standard InChI is InChI=1S/C27H27FN6O2/c1-16-9-18(5-8-22(16)27(35)32-20-6-7-20)24-15-31-26-23(30-14-17-12-29-13-17)11-25(33-34(24)26)36-21-4-2-3-19(28)10-21/h2-5,8-11,15,17,20,29-30H,6-7,12-14H2,1H3,(H,32,35). The number of aromatic nitrogens is 3. The maximum absolute atomic E-state index is 13.7. The zero-order valence-electron chi connectivity index (χ0n) is 19.9. The molecular formula is C27H27FN6O2. The van der Waals surface area contributed by atoms with Crippen molar-refractivity contribution in [3.8, 4) is 22.9 Å². The predicted octanol–water partition coefficient (Wildman–Crippen LogP) is 4.16. The van der Waals surface area contributed by atoms with E-state index < -0.39 is 0 Å². The number of hydrogen-bond acceptors (Lipinski definition) is 6. The molecule has 184 valence electrons. The first-order valence-electron chi connectivity index (χ1n) is 12.2. The minimum atomic E-state index is -0.381. The molecule has 6 rings (SSSR count). The first-order valence-corrected chi connectivity index (χ1v) is 12.2. The summed E-state index contributed by atoms with van der Waals surface area (Å²) in [6.45, 7) is 4.67. The van der Waals surface area contributed by atoms with Gasteiger partial charge >= 0.3 is 0 Å². The molecule has 1 aliphatic heterocycles. The number of fused-ring (bicyclic) bond motifs is 1. The van der Waals surface area contributed by atoms with Crippen LogP contribution in [0.1, 0.15) is 28.8 Å². The molecule has 1 aliphatic carbocycles. The van der Waals surface area contributed by atoms with E-state index in [1.165, 1.54) is 12.1 Å². The summed E-state index contributed by atoms with van der Waals surface area (Å²) in [6, 6.07) is 13.8. The maximum Gasteiger partial charge on any atom is 0.251 e. The fourth-order valence-corrected chi connectivity index (χ4v) is 4.29. The first kappa shape index (κ1) is 22.5. The van der Waals surface area contributed by atoms with Crippen LogP contribution in [0.3, 0.4) is 0 Å². The van der Waals surface area contributed by atoms with E-state index >= 15 is 0 Å². The fraction of sp³-hybridized carbons (Fsp3) is 0.296. The van der Waals surface area contributed by atoms with Gasteiger partial charge in [0.1, 0.15) is 11.6 Å². The average Bonchev–Trinajstić information content (AvgIpc) is 3.53. The highest BCUT2D eigenvalue weighted by atomic mass is 19.1. The molecule has 0 spiro atoms. The van der Waals surface area contributed by atoms with E-state index in [2.05, 4.69) is 26.0 Å². The van der Waals surface area contributed by atoms with Gasteiger partial charge in [0.2, 0.25) is 5.88 Å². The van der Waals surface area contributed by atoms with Gasteiger partial charge in [-0.25, -0.2) is 13.9 Å². The molecular weight excluding hydrogens is 459 g/mol. The number of hydrogen-bond donors (Lipinski definition) is 3. The molecule has 8 nitrogen and oxygen atoms in total. The molecule has 3 heterocycles. The predicted molar refractivity (Wildman–Crippen MR) is 135 cm³/mol. The molecule has 1 saturated carbocycles. The zero-order chi connectivity index (χ0) is 24.6. The molecule has 9 heteroatoms. The van der Waals surface area contributed by atoms with Gasteiger partial charge in [-0.2, -0.15) is 0 Å². The largest absolute Gasteiger partial charge is 0.437 e. The second-order valence-corrected chi connectivity index (χ2v) is 9.52. The van der Waals surface area contributed by atoms with E-state index in [1.54, 1.807) is 28.9 Å². The summed E-state index contributed by atoms with van der Waals surface area (Å²) in [7, 11) is 0. The van der Waals surface area contributed by atoms with Gasteiger partial charge < -0.3 is 20.7 Å². The van der Waals surface area contributed by atoms with Crippen LogP contribution in [-0.2, 0) is 0 Å². The number of nitrogens with zero attached hydrogens (tertiary/aromatic N) is 3. The Kier molecular flexibility index (Phi) is 5.77. The molecule has 4 aromatic rings. The number of halogens is 1. The quantitative estimate of drug-likeness (QED) is 0.346. The lowest BCUT2D eigenvalue weighted by Gasteiger charge is -2.27. The van der Waals surface area contributed by atoms with Crippen LogP contribution < -0.4 is 20.7 Å². The number of imidazole rings is 1. The molecule has 36 heavy (non-hydrogen) atoms. The highest BCUT2D eigenvalue weighted by molar-refractivity contribution is 5.96. The molecule has 1 saturated heterocycles. The highest BCUT2D eigenvalue weighted by Gasteiger charge is 2.25. The van der Waals surface area contributed by atoms with Gasteiger partial charge in [0.05, 0.1) is 17.6 Å². The van der Waals surface area contributed by atoms with Crippen molar-refractivity contribution in [1.82, 2.24) is 25.2 Å². The topological polar surface area (TPSA) is 92.6 Å². The van der Waals surface area contributed by atoms with Gasteiger partial charge in [0.25, 0.3) is 5.91 Å². The van der Waals surface area contributed by atoms with Crippen molar-refractivity contribution in [2.45, 2.75) is 25.8 Å². The van der Waals surface area contributed by atoms with Gasteiger partial charge in [-0.1, -0.05) is 12.1 Å². The van der Waals surface area contributed by atoms with Crippen LogP contribution in [0.5, 0.6) is 11.6 Å². The summed E-state index contributed by atoms with van der Waals surface area (Å²) in [5, 5.41) is 14.5. The Morgan fingerprint density at radius 2 is 2.06 bits per heavy atom. The SMILES string of the molecule is Cc1cc(-c2cnc3c(NCC4CNC4)cc(Oc4cccc(F)c4)nn23)ccc1C(=O)NC1CC1. The zero-order valence-corrected chi connectivity index (χ0v) is 19.9.